The third-order valence-electron chi connectivity index (χ3n) is 6.84. The van der Waals surface area contributed by atoms with Crippen molar-refractivity contribution in [2.45, 2.75) is 70.6 Å². The van der Waals surface area contributed by atoms with Gasteiger partial charge in [0, 0.05) is 37.2 Å². The lowest BCUT2D eigenvalue weighted by molar-refractivity contribution is 0.107. The van der Waals surface area contributed by atoms with Crippen molar-refractivity contribution in [1.29, 1.82) is 0 Å². The Kier molecular flexibility index (Phi) is 6.27. The smallest absolute Gasteiger partial charge is 0.267 e. The molecule has 166 valence electrons. The second-order valence-corrected chi connectivity index (χ2v) is 8.96. The van der Waals surface area contributed by atoms with E-state index in [2.05, 4.69) is 31.6 Å². The number of hydrogen-bond acceptors (Lipinski definition) is 7. The summed E-state index contributed by atoms with van der Waals surface area (Å²) in [5, 5.41) is 17.0. The molecule has 1 N–H and O–H groups in total. The van der Waals surface area contributed by atoms with Gasteiger partial charge in [0.25, 0.3) is 5.56 Å². The van der Waals surface area contributed by atoms with Gasteiger partial charge in [-0.05, 0) is 56.7 Å². The Morgan fingerprint density at radius 2 is 1.94 bits per heavy atom. The van der Waals surface area contributed by atoms with E-state index < -0.39 is 0 Å². The highest BCUT2D eigenvalue weighted by atomic mass is 16.5. The topological polar surface area (TPSA) is 85.2 Å². The van der Waals surface area contributed by atoms with Gasteiger partial charge in [0.1, 0.15) is 5.82 Å². The van der Waals surface area contributed by atoms with Crippen LogP contribution in [0, 0.1) is 0 Å². The van der Waals surface area contributed by atoms with Crippen molar-refractivity contribution < 1.29 is 4.74 Å². The predicted octanol–water partition coefficient (Wildman–Crippen LogP) is 1.95. The molecule has 1 aliphatic carbocycles. The number of likely N-dealkylation sites (tertiary alicyclic amines) is 1. The fourth-order valence-corrected chi connectivity index (χ4v) is 5.02. The summed E-state index contributed by atoms with van der Waals surface area (Å²) in [5.74, 6) is 0.890. The Bertz CT molecular complexity index is 975. The molecule has 2 aliphatic heterocycles. The van der Waals surface area contributed by atoms with Crippen LogP contribution in [0.5, 0.6) is 0 Å². The Labute approximate surface area is 183 Å². The van der Waals surface area contributed by atoms with Gasteiger partial charge in [-0.2, -0.15) is 10.2 Å². The van der Waals surface area contributed by atoms with Crippen molar-refractivity contribution in [2.24, 2.45) is 0 Å². The maximum Gasteiger partial charge on any atom is 0.267 e. The SMILES string of the molecule is O=c1cc2c(nn1CCN1CCCCC1CNc1cc3c(nn1)CCCC3)CCOC2. The van der Waals surface area contributed by atoms with Crippen LogP contribution in [-0.4, -0.2) is 57.2 Å². The summed E-state index contributed by atoms with van der Waals surface area (Å²) >= 11 is 0. The molecule has 0 aromatic carbocycles. The second kappa shape index (κ2) is 9.44. The van der Waals surface area contributed by atoms with Crippen LogP contribution < -0.4 is 10.9 Å². The number of aryl methyl sites for hydroxylation is 2. The highest BCUT2D eigenvalue weighted by molar-refractivity contribution is 5.39. The summed E-state index contributed by atoms with van der Waals surface area (Å²) in [7, 11) is 0. The van der Waals surface area contributed by atoms with Crippen LogP contribution in [0.1, 0.15) is 54.6 Å². The highest BCUT2D eigenvalue weighted by Crippen LogP contribution is 2.22. The maximum absolute atomic E-state index is 12.5. The molecular formula is C23H32N6O2. The predicted molar refractivity (Wildman–Crippen MR) is 118 cm³/mol. The van der Waals surface area contributed by atoms with Crippen LogP contribution in [0.4, 0.5) is 5.82 Å². The fraction of sp³-hybridized carbons (Fsp3) is 0.652. The molecule has 1 saturated heterocycles. The molecule has 4 heterocycles. The minimum atomic E-state index is -0.0275. The van der Waals surface area contributed by atoms with Gasteiger partial charge in [-0.1, -0.05) is 6.42 Å². The first kappa shape index (κ1) is 20.6. The molecule has 0 spiro atoms. The van der Waals surface area contributed by atoms with Gasteiger partial charge in [0.05, 0.1) is 31.1 Å². The number of nitrogens with zero attached hydrogens (tertiary/aromatic N) is 5. The molecule has 0 bridgehead atoms. The zero-order chi connectivity index (χ0) is 21.0. The van der Waals surface area contributed by atoms with Crippen LogP contribution in [0.2, 0.25) is 0 Å². The molecule has 1 unspecified atom stereocenters. The summed E-state index contributed by atoms with van der Waals surface area (Å²) in [6.07, 6.45) is 9.04. The number of ether oxygens (including phenoxy) is 1. The van der Waals surface area contributed by atoms with E-state index in [1.807, 2.05) is 0 Å². The molecule has 1 atom stereocenters. The van der Waals surface area contributed by atoms with Crippen LogP contribution in [0.3, 0.4) is 0 Å². The van der Waals surface area contributed by atoms with Crippen molar-refractivity contribution in [3.63, 3.8) is 0 Å². The van der Waals surface area contributed by atoms with E-state index in [9.17, 15) is 4.79 Å². The monoisotopic (exact) mass is 424 g/mol. The molecule has 0 radical (unpaired) electrons. The summed E-state index contributed by atoms with van der Waals surface area (Å²) in [4.78, 5) is 15.0. The van der Waals surface area contributed by atoms with Gasteiger partial charge in [0.15, 0.2) is 0 Å². The van der Waals surface area contributed by atoms with Crippen molar-refractivity contribution >= 4 is 5.82 Å². The number of hydrogen-bond donors (Lipinski definition) is 1. The Morgan fingerprint density at radius 1 is 1.00 bits per heavy atom. The molecule has 0 amide bonds. The molecule has 1 fully saturated rings. The third-order valence-corrected chi connectivity index (χ3v) is 6.84. The number of anilines is 1. The zero-order valence-electron chi connectivity index (χ0n) is 18.2. The van der Waals surface area contributed by atoms with Gasteiger partial charge < -0.3 is 10.1 Å². The molecule has 2 aromatic heterocycles. The number of aromatic nitrogens is 4. The second-order valence-electron chi connectivity index (χ2n) is 8.96. The quantitative estimate of drug-likeness (QED) is 0.759. The molecule has 0 saturated carbocycles. The summed E-state index contributed by atoms with van der Waals surface area (Å²) in [6, 6.07) is 4.33. The van der Waals surface area contributed by atoms with E-state index in [1.165, 1.54) is 36.9 Å². The van der Waals surface area contributed by atoms with Crippen LogP contribution in [0.25, 0.3) is 0 Å². The Hall–Kier alpha value is -2.32. The lowest BCUT2D eigenvalue weighted by Crippen LogP contribution is -2.46. The number of rotatable bonds is 6. The van der Waals surface area contributed by atoms with E-state index in [1.54, 1.807) is 10.7 Å². The molecule has 2 aromatic rings. The van der Waals surface area contributed by atoms with Crippen LogP contribution >= 0.6 is 0 Å². The van der Waals surface area contributed by atoms with Crippen LogP contribution in [-0.2, 0) is 37.2 Å². The van der Waals surface area contributed by atoms with Gasteiger partial charge in [-0.3, -0.25) is 9.69 Å². The third kappa shape index (κ3) is 4.80. The van der Waals surface area contributed by atoms with Crippen molar-refractivity contribution in [2.75, 3.05) is 31.6 Å². The molecule has 31 heavy (non-hydrogen) atoms. The lowest BCUT2D eigenvalue weighted by Gasteiger charge is -2.36. The first-order valence-corrected chi connectivity index (χ1v) is 11.8. The minimum Gasteiger partial charge on any atom is -0.376 e. The molecule has 8 heteroatoms. The molecule has 5 rings (SSSR count). The first-order valence-electron chi connectivity index (χ1n) is 11.8. The van der Waals surface area contributed by atoms with Crippen molar-refractivity contribution in [3.8, 4) is 0 Å². The standard InChI is InChI=1S/C23H32N6O2/c30-23-14-18-16-31-12-8-21(18)27-29(23)11-10-28-9-4-3-6-19(28)15-24-22-13-17-5-1-2-7-20(17)25-26-22/h13-14,19H,1-12,15-16H2,(H,24,26). The minimum absolute atomic E-state index is 0.0275. The van der Waals surface area contributed by atoms with Gasteiger partial charge in [0.2, 0.25) is 0 Å². The van der Waals surface area contributed by atoms with E-state index in [0.717, 1.165) is 62.4 Å². The number of piperidine rings is 1. The van der Waals surface area contributed by atoms with Crippen molar-refractivity contribution in [3.05, 3.63) is 45.0 Å². The normalized spacial score (nSPS) is 21.4. The Morgan fingerprint density at radius 3 is 2.90 bits per heavy atom. The van der Waals surface area contributed by atoms with Gasteiger partial charge in [-0.25, -0.2) is 4.68 Å². The molecule has 8 nitrogen and oxygen atoms in total. The van der Waals surface area contributed by atoms with E-state index in [-0.39, 0.29) is 5.56 Å². The largest absolute Gasteiger partial charge is 0.376 e. The average molecular weight is 425 g/mol. The number of fused-ring (bicyclic) bond motifs is 2. The maximum atomic E-state index is 12.5. The first-order chi connectivity index (χ1) is 15.3. The summed E-state index contributed by atoms with van der Waals surface area (Å²) < 4.78 is 7.08. The van der Waals surface area contributed by atoms with Gasteiger partial charge >= 0.3 is 0 Å². The lowest BCUT2D eigenvalue weighted by atomic mass is 9.97. The zero-order valence-corrected chi connectivity index (χ0v) is 18.2. The highest BCUT2D eigenvalue weighted by Gasteiger charge is 2.23. The van der Waals surface area contributed by atoms with Crippen molar-refractivity contribution in [1.82, 2.24) is 24.9 Å². The summed E-state index contributed by atoms with van der Waals surface area (Å²) in [5.41, 5.74) is 4.45. The summed E-state index contributed by atoms with van der Waals surface area (Å²) in [6.45, 7) is 4.58. The molecule has 3 aliphatic rings. The van der Waals surface area contributed by atoms with E-state index >= 15 is 0 Å². The molecular weight excluding hydrogens is 392 g/mol. The van der Waals surface area contributed by atoms with Crippen LogP contribution in [0.15, 0.2) is 16.9 Å². The Balaban J connectivity index is 1.20. The number of nitrogens with one attached hydrogen (secondary N) is 1. The van der Waals surface area contributed by atoms with Gasteiger partial charge in [-0.15, -0.1) is 5.10 Å². The van der Waals surface area contributed by atoms with E-state index in [4.69, 9.17) is 4.74 Å². The fourth-order valence-electron chi connectivity index (χ4n) is 5.02. The average Bonchev–Trinajstić information content (AvgIpc) is 2.82. The van der Waals surface area contributed by atoms with E-state index in [0.29, 0.717) is 25.8 Å².